The Morgan fingerprint density at radius 3 is 2.51 bits per heavy atom. The van der Waals surface area contributed by atoms with Crippen LogP contribution in [0.5, 0.6) is 0 Å². The van der Waals surface area contributed by atoms with Crippen LogP contribution in [0.3, 0.4) is 0 Å². The monoisotopic (exact) mass is 601 g/mol. The Balaban J connectivity index is 1.75. The maximum absolute atomic E-state index is 14.2. The molecular formula is C30H40BrN3O5. The highest BCUT2D eigenvalue weighted by atomic mass is 79.9. The molecule has 3 amide bonds. The van der Waals surface area contributed by atoms with E-state index in [1.807, 2.05) is 30.3 Å². The second-order valence-corrected chi connectivity index (χ2v) is 11.8. The number of nitrogens with zero attached hydrogens (tertiary/aromatic N) is 3. The molecule has 4 rings (SSSR count). The molecule has 3 saturated heterocycles. The van der Waals surface area contributed by atoms with Gasteiger partial charge in [0, 0.05) is 43.3 Å². The third kappa shape index (κ3) is 5.33. The smallest absolute Gasteiger partial charge is 0.248 e. The van der Waals surface area contributed by atoms with Crippen molar-refractivity contribution in [3.8, 4) is 0 Å². The number of amides is 3. The van der Waals surface area contributed by atoms with Crippen molar-refractivity contribution < 1.29 is 24.2 Å². The van der Waals surface area contributed by atoms with Crippen LogP contribution < -0.4 is 4.90 Å². The van der Waals surface area contributed by atoms with Crippen molar-refractivity contribution in [2.45, 2.75) is 61.6 Å². The molecule has 3 aliphatic rings. The summed E-state index contributed by atoms with van der Waals surface area (Å²) < 4.78 is 6.66. The first-order valence-corrected chi connectivity index (χ1v) is 14.9. The number of aliphatic hydroxyl groups is 1. The number of unbranched alkanes of at least 4 members (excludes halogenated alkanes) is 2. The van der Waals surface area contributed by atoms with Crippen LogP contribution in [0.2, 0.25) is 0 Å². The molecule has 0 saturated carbocycles. The van der Waals surface area contributed by atoms with E-state index in [1.165, 1.54) is 0 Å². The Hall–Kier alpha value is -2.49. The van der Waals surface area contributed by atoms with E-state index in [2.05, 4.69) is 36.0 Å². The molecule has 1 aromatic rings. The number of aliphatic hydroxyl groups excluding tert-OH is 1. The number of likely N-dealkylation sites (tertiary alicyclic amines) is 1. The lowest BCUT2D eigenvalue weighted by Crippen LogP contribution is -2.57. The Kier molecular flexibility index (Phi) is 9.67. The summed E-state index contributed by atoms with van der Waals surface area (Å²) >= 11 is 3.75. The van der Waals surface area contributed by atoms with Gasteiger partial charge in [-0.25, -0.2) is 0 Å². The number of anilines is 1. The summed E-state index contributed by atoms with van der Waals surface area (Å²) in [6.07, 6.45) is 6.14. The van der Waals surface area contributed by atoms with Crippen LogP contribution in [0.25, 0.3) is 0 Å². The third-order valence-corrected chi connectivity index (χ3v) is 9.05. The van der Waals surface area contributed by atoms with Crippen molar-refractivity contribution in [3.63, 3.8) is 0 Å². The molecule has 2 bridgehead atoms. The van der Waals surface area contributed by atoms with Gasteiger partial charge in [-0.2, -0.15) is 0 Å². The molecule has 8 nitrogen and oxygen atoms in total. The zero-order chi connectivity index (χ0) is 28.2. The van der Waals surface area contributed by atoms with Crippen LogP contribution in [-0.4, -0.2) is 88.0 Å². The minimum Gasteiger partial charge on any atom is -0.396 e. The second-order valence-electron chi connectivity index (χ2n) is 10.6. The number of carbonyl (C=O) groups excluding carboxylic acids is 3. The fourth-order valence-corrected chi connectivity index (χ4v) is 7.48. The highest BCUT2D eigenvalue weighted by Crippen LogP contribution is 2.60. The topological polar surface area (TPSA) is 90.4 Å². The summed E-state index contributed by atoms with van der Waals surface area (Å²) in [5, 5.41) is 9.39. The highest BCUT2D eigenvalue weighted by molar-refractivity contribution is 9.09. The van der Waals surface area contributed by atoms with E-state index in [9.17, 15) is 19.5 Å². The van der Waals surface area contributed by atoms with E-state index < -0.39 is 29.6 Å². The lowest BCUT2D eigenvalue weighted by Gasteiger charge is -2.37. The number of hydrogen-bond acceptors (Lipinski definition) is 5. The quantitative estimate of drug-likeness (QED) is 0.200. The standard InChI is InChI=1S/C30H40BrN3O5/c1-4-7-17-32(15-5-2)29(38)26-30-20-22(31)25(39-30)23(24(30)28(37)34(26)18-11-12-19-35)27(36)33(16-6-3)21-13-9-8-10-14-21/h5-6,8-10,13-14,22-26,35H,2-4,7,11-12,15-20H2,1H3/t22?,23-,24-,25-,26?,30?/m0/s1. The average molecular weight is 603 g/mol. The average Bonchev–Trinajstić information content (AvgIpc) is 3.53. The Morgan fingerprint density at radius 2 is 1.87 bits per heavy atom. The van der Waals surface area contributed by atoms with Crippen molar-refractivity contribution in [2.24, 2.45) is 11.8 Å². The van der Waals surface area contributed by atoms with Gasteiger partial charge in [0.1, 0.15) is 11.6 Å². The van der Waals surface area contributed by atoms with E-state index in [4.69, 9.17) is 4.74 Å². The highest BCUT2D eigenvalue weighted by Gasteiger charge is 2.76. The second kappa shape index (κ2) is 12.8. The zero-order valence-corrected chi connectivity index (χ0v) is 24.3. The lowest BCUT2D eigenvalue weighted by molar-refractivity contribution is -0.147. The number of carbonyl (C=O) groups is 3. The number of hydrogen-bond donors (Lipinski definition) is 1. The van der Waals surface area contributed by atoms with Crippen LogP contribution in [0.1, 0.15) is 39.0 Å². The number of para-hydroxylation sites is 1. The third-order valence-electron chi connectivity index (χ3n) is 8.20. The van der Waals surface area contributed by atoms with Crippen LogP contribution in [-0.2, 0) is 19.1 Å². The van der Waals surface area contributed by atoms with Crippen LogP contribution in [0.15, 0.2) is 55.6 Å². The Labute approximate surface area is 239 Å². The maximum Gasteiger partial charge on any atom is 0.248 e. The van der Waals surface area contributed by atoms with E-state index in [0.29, 0.717) is 45.4 Å². The number of benzene rings is 1. The molecule has 0 aromatic heterocycles. The summed E-state index contributed by atoms with van der Waals surface area (Å²) in [7, 11) is 0. The normalized spacial score (nSPS) is 28.8. The van der Waals surface area contributed by atoms with Gasteiger partial charge in [-0.15, -0.1) is 13.2 Å². The number of rotatable bonds is 14. The summed E-state index contributed by atoms with van der Waals surface area (Å²) in [6, 6.07) is 8.52. The van der Waals surface area contributed by atoms with E-state index in [1.54, 1.807) is 26.9 Å². The van der Waals surface area contributed by atoms with Crippen LogP contribution >= 0.6 is 15.9 Å². The molecule has 1 aromatic carbocycles. The first-order chi connectivity index (χ1) is 18.9. The van der Waals surface area contributed by atoms with Gasteiger partial charge >= 0.3 is 0 Å². The van der Waals surface area contributed by atoms with Crippen LogP contribution in [0, 0.1) is 11.8 Å². The largest absolute Gasteiger partial charge is 0.396 e. The number of halogens is 1. The van der Waals surface area contributed by atoms with Gasteiger partial charge in [0.05, 0.1) is 17.9 Å². The molecule has 212 valence electrons. The van der Waals surface area contributed by atoms with Gasteiger partial charge in [0.25, 0.3) is 0 Å². The summed E-state index contributed by atoms with van der Waals surface area (Å²) in [4.78, 5) is 47.5. The van der Waals surface area contributed by atoms with Crippen molar-refractivity contribution in [2.75, 3.05) is 37.7 Å². The molecule has 39 heavy (non-hydrogen) atoms. The van der Waals surface area contributed by atoms with Gasteiger partial charge < -0.3 is 24.5 Å². The fraction of sp³-hybridized carbons (Fsp3) is 0.567. The summed E-state index contributed by atoms with van der Waals surface area (Å²) in [6.45, 7) is 11.3. The molecule has 6 atom stereocenters. The van der Waals surface area contributed by atoms with E-state index in [0.717, 1.165) is 18.5 Å². The first-order valence-electron chi connectivity index (χ1n) is 14.0. The first kappa shape index (κ1) is 29.5. The van der Waals surface area contributed by atoms with Gasteiger partial charge in [-0.3, -0.25) is 14.4 Å². The lowest BCUT2D eigenvalue weighted by atomic mass is 9.70. The van der Waals surface area contributed by atoms with Crippen molar-refractivity contribution in [3.05, 3.63) is 55.6 Å². The van der Waals surface area contributed by atoms with Gasteiger partial charge in [0.15, 0.2) is 0 Å². The Morgan fingerprint density at radius 1 is 1.15 bits per heavy atom. The molecule has 3 unspecified atom stereocenters. The van der Waals surface area contributed by atoms with Crippen LogP contribution in [0.4, 0.5) is 5.69 Å². The summed E-state index contributed by atoms with van der Waals surface area (Å²) in [5.41, 5.74) is -0.380. The minimum atomic E-state index is -1.10. The van der Waals surface area contributed by atoms with Crippen molar-refractivity contribution >= 4 is 39.3 Å². The maximum atomic E-state index is 14.2. The molecule has 3 aliphatic heterocycles. The predicted molar refractivity (Wildman–Crippen MR) is 154 cm³/mol. The summed E-state index contributed by atoms with van der Waals surface area (Å²) in [5.74, 6) is -2.08. The number of alkyl halides is 1. The fourth-order valence-electron chi connectivity index (χ4n) is 6.53. The zero-order valence-electron chi connectivity index (χ0n) is 22.7. The SMILES string of the molecule is C=CCN(CCCC)C(=O)C1N(CCCCO)C(=O)[C@@H]2[C@H](C(=O)N(CC=C)c3ccccc3)[C@H]3OC12CC3Br. The molecule has 9 heteroatoms. The predicted octanol–water partition coefficient (Wildman–Crippen LogP) is 3.54. The molecule has 3 fully saturated rings. The molecular weight excluding hydrogens is 562 g/mol. The van der Waals surface area contributed by atoms with E-state index in [-0.39, 0.29) is 29.2 Å². The number of fused-ring (bicyclic) bond motifs is 1. The molecule has 3 heterocycles. The van der Waals surface area contributed by atoms with Crippen molar-refractivity contribution in [1.29, 1.82) is 0 Å². The van der Waals surface area contributed by atoms with Gasteiger partial charge in [-0.1, -0.05) is 59.6 Å². The molecule has 0 radical (unpaired) electrons. The van der Waals surface area contributed by atoms with Gasteiger partial charge in [-0.05, 0) is 37.8 Å². The Bertz CT molecular complexity index is 1070. The molecule has 1 N–H and O–H groups in total. The van der Waals surface area contributed by atoms with E-state index >= 15 is 0 Å². The van der Waals surface area contributed by atoms with Gasteiger partial charge in [0.2, 0.25) is 17.7 Å². The minimum absolute atomic E-state index is 0.00501. The molecule has 1 spiro atoms. The molecule has 0 aliphatic carbocycles. The van der Waals surface area contributed by atoms with Crippen molar-refractivity contribution in [1.82, 2.24) is 9.80 Å². The number of ether oxygens (including phenoxy) is 1.